The Morgan fingerprint density at radius 3 is 2.70 bits per heavy atom. The number of aromatic carboxylic acids is 1. The van der Waals surface area contributed by atoms with E-state index in [1.807, 2.05) is 0 Å². The molecule has 0 unspecified atom stereocenters. The molecule has 1 saturated heterocycles. The maximum Gasteiger partial charge on any atom is 0.339 e. The Morgan fingerprint density at radius 2 is 2.10 bits per heavy atom. The largest absolute Gasteiger partial charge is 0.478 e. The fraction of sp³-hybridized carbons (Fsp3) is 0.714. The fourth-order valence-electron chi connectivity index (χ4n) is 2.67. The molecule has 2 N–H and O–H groups in total. The van der Waals surface area contributed by atoms with E-state index in [1.54, 1.807) is 11.7 Å². The minimum Gasteiger partial charge on any atom is -0.478 e. The van der Waals surface area contributed by atoms with E-state index in [2.05, 4.69) is 29.3 Å². The van der Waals surface area contributed by atoms with Crippen LogP contribution in [0.3, 0.4) is 0 Å². The molecule has 0 radical (unpaired) electrons. The van der Waals surface area contributed by atoms with Crippen molar-refractivity contribution in [3.63, 3.8) is 0 Å². The summed E-state index contributed by atoms with van der Waals surface area (Å²) in [5.74, 6) is -0.916. The quantitative estimate of drug-likeness (QED) is 0.840. The number of piperidine rings is 1. The molecule has 0 aliphatic carbocycles. The zero-order chi connectivity index (χ0) is 14.8. The molecule has 2 heterocycles. The van der Waals surface area contributed by atoms with E-state index in [1.165, 1.54) is 19.0 Å². The topological polar surface area (TPSA) is 70.4 Å². The molecule has 1 aliphatic rings. The molecular weight excluding hydrogens is 256 g/mol. The second kappa shape index (κ2) is 5.93. The first-order chi connectivity index (χ1) is 9.41. The lowest BCUT2D eigenvalue weighted by molar-refractivity contribution is 0.0695. The lowest BCUT2D eigenvalue weighted by Gasteiger charge is -2.38. The van der Waals surface area contributed by atoms with E-state index in [4.69, 9.17) is 5.11 Å². The summed E-state index contributed by atoms with van der Waals surface area (Å²) in [7, 11) is 3.93. The number of aromatic nitrogens is 2. The smallest absolute Gasteiger partial charge is 0.339 e. The van der Waals surface area contributed by atoms with Crippen LogP contribution >= 0.6 is 0 Å². The zero-order valence-electron chi connectivity index (χ0n) is 12.5. The van der Waals surface area contributed by atoms with Gasteiger partial charge in [-0.2, -0.15) is 5.10 Å². The van der Waals surface area contributed by atoms with Gasteiger partial charge < -0.3 is 15.3 Å². The normalized spacial score (nSPS) is 19.1. The Bertz CT molecular complexity index is 476. The summed E-state index contributed by atoms with van der Waals surface area (Å²) in [6.07, 6.45) is 3.76. The van der Waals surface area contributed by atoms with Crippen molar-refractivity contribution in [2.75, 3.05) is 26.7 Å². The van der Waals surface area contributed by atoms with Crippen molar-refractivity contribution in [3.05, 3.63) is 17.5 Å². The van der Waals surface area contributed by atoms with Crippen LogP contribution in [0.15, 0.2) is 6.20 Å². The average Bonchev–Trinajstić information content (AvgIpc) is 2.76. The molecule has 1 aromatic rings. The van der Waals surface area contributed by atoms with Crippen LogP contribution in [0.2, 0.25) is 0 Å². The van der Waals surface area contributed by atoms with Crippen LogP contribution in [0.5, 0.6) is 0 Å². The van der Waals surface area contributed by atoms with Crippen LogP contribution in [-0.2, 0) is 13.6 Å². The summed E-state index contributed by atoms with van der Waals surface area (Å²) in [6.45, 7) is 6.01. The third kappa shape index (κ3) is 3.37. The van der Waals surface area contributed by atoms with E-state index >= 15 is 0 Å². The predicted molar refractivity (Wildman–Crippen MR) is 76.7 cm³/mol. The maximum absolute atomic E-state index is 11.1. The number of carboxylic acids is 1. The lowest BCUT2D eigenvalue weighted by atomic mass is 9.80. The molecule has 112 valence electrons. The van der Waals surface area contributed by atoms with Crippen LogP contribution in [-0.4, -0.2) is 52.4 Å². The molecule has 1 aliphatic heterocycles. The number of rotatable bonds is 5. The number of carboxylic acid groups (broad SMARTS) is 1. The summed E-state index contributed by atoms with van der Waals surface area (Å²) in [5.41, 5.74) is 1.32. The lowest BCUT2D eigenvalue weighted by Crippen LogP contribution is -2.42. The summed E-state index contributed by atoms with van der Waals surface area (Å²) < 4.78 is 1.63. The molecule has 0 saturated carbocycles. The second-order valence-electron chi connectivity index (χ2n) is 6.15. The molecule has 0 amide bonds. The van der Waals surface area contributed by atoms with Crippen molar-refractivity contribution >= 4 is 5.97 Å². The van der Waals surface area contributed by atoms with Crippen molar-refractivity contribution in [3.8, 4) is 0 Å². The maximum atomic E-state index is 11.1. The molecule has 0 atom stereocenters. The van der Waals surface area contributed by atoms with Gasteiger partial charge in [0, 0.05) is 20.1 Å². The van der Waals surface area contributed by atoms with E-state index in [9.17, 15) is 4.79 Å². The summed E-state index contributed by atoms with van der Waals surface area (Å²) in [5, 5.41) is 16.5. The van der Waals surface area contributed by atoms with Gasteiger partial charge in [0.1, 0.15) is 5.56 Å². The molecule has 2 rings (SSSR count). The standard InChI is InChI=1S/C14H24N4O2/c1-14(4-6-17(2)7-5-14)10-15-9-12-11(13(19)20)8-16-18(12)3/h8,15H,4-7,9-10H2,1-3H3,(H,19,20). The molecule has 0 spiro atoms. The van der Waals surface area contributed by atoms with E-state index in [0.29, 0.717) is 12.0 Å². The van der Waals surface area contributed by atoms with Gasteiger partial charge in [0.15, 0.2) is 0 Å². The number of nitrogens with one attached hydrogen (secondary N) is 1. The van der Waals surface area contributed by atoms with Crippen molar-refractivity contribution in [1.29, 1.82) is 0 Å². The highest BCUT2D eigenvalue weighted by Gasteiger charge is 2.28. The van der Waals surface area contributed by atoms with Crippen molar-refractivity contribution < 1.29 is 9.90 Å². The van der Waals surface area contributed by atoms with Gasteiger partial charge >= 0.3 is 5.97 Å². The van der Waals surface area contributed by atoms with Crippen LogP contribution in [0.25, 0.3) is 0 Å². The van der Waals surface area contributed by atoms with Crippen molar-refractivity contribution in [1.82, 2.24) is 20.0 Å². The number of carbonyl (C=O) groups is 1. The van der Waals surface area contributed by atoms with Gasteiger partial charge in [0.25, 0.3) is 0 Å². The Morgan fingerprint density at radius 1 is 1.45 bits per heavy atom. The number of likely N-dealkylation sites (tertiary alicyclic amines) is 1. The number of hydrogen-bond donors (Lipinski definition) is 2. The minimum atomic E-state index is -0.916. The summed E-state index contributed by atoms with van der Waals surface area (Å²) in [6, 6.07) is 0. The molecular formula is C14H24N4O2. The Kier molecular flexibility index (Phi) is 4.45. The first kappa shape index (κ1) is 15.0. The number of hydrogen-bond acceptors (Lipinski definition) is 4. The first-order valence-electron chi connectivity index (χ1n) is 7.05. The molecule has 6 nitrogen and oxygen atoms in total. The Labute approximate surface area is 119 Å². The third-order valence-electron chi connectivity index (χ3n) is 4.33. The monoisotopic (exact) mass is 280 g/mol. The average molecular weight is 280 g/mol. The predicted octanol–water partition coefficient (Wildman–Crippen LogP) is 0.940. The first-order valence-corrected chi connectivity index (χ1v) is 7.05. The van der Waals surface area contributed by atoms with Gasteiger partial charge in [-0.05, 0) is 38.4 Å². The van der Waals surface area contributed by atoms with E-state index in [-0.39, 0.29) is 5.56 Å². The Balaban J connectivity index is 1.90. The molecule has 0 aromatic carbocycles. The van der Waals surface area contributed by atoms with Gasteiger partial charge in [0.05, 0.1) is 11.9 Å². The summed E-state index contributed by atoms with van der Waals surface area (Å²) in [4.78, 5) is 13.5. The SMILES string of the molecule is CN1CCC(C)(CNCc2c(C(=O)O)cnn2C)CC1. The number of nitrogens with zero attached hydrogens (tertiary/aromatic N) is 3. The van der Waals surface area contributed by atoms with Crippen LogP contribution in [0.4, 0.5) is 0 Å². The highest BCUT2D eigenvalue weighted by Crippen LogP contribution is 2.29. The number of aryl methyl sites for hydroxylation is 1. The van der Waals surface area contributed by atoms with Crippen molar-refractivity contribution in [2.24, 2.45) is 12.5 Å². The van der Waals surface area contributed by atoms with Crippen LogP contribution in [0, 0.1) is 5.41 Å². The fourth-order valence-corrected chi connectivity index (χ4v) is 2.67. The van der Waals surface area contributed by atoms with Crippen LogP contribution in [0.1, 0.15) is 35.8 Å². The second-order valence-corrected chi connectivity index (χ2v) is 6.15. The van der Waals surface area contributed by atoms with Gasteiger partial charge in [-0.1, -0.05) is 6.92 Å². The minimum absolute atomic E-state index is 0.286. The molecule has 1 aromatic heterocycles. The van der Waals surface area contributed by atoms with Gasteiger partial charge in [-0.15, -0.1) is 0 Å². The summed E-state index contributed by atoms with van der Waals surface area (Å²) >= 11 is 0. The molecule has 0 bridgehead atoms. The van der Waals surface area contributed by atoms with E-state index < -0.39 is 5.97 Å². The van der Waals surface area contributed by atoms with Gasteiger partial charge in [-0.3, -0.25) is 4.68 Å². The van der Waals surface area contributed by atoms with Gasteiger partial charge in [0.2, 0.25) is 0 Å². The van der Waals surface area contributed by atoms with E-state index in [0.717, 1.165) is 25.3 Å². The van der Waals surface area contributed by atoms with Crippen molar-refractivity contribution in [2.45, 2.75) is 26.3 Å². The molecule has 20 heavy (non-hydrogen) atoms. The van der Waals surface area contributed by atoms with Crippen LogP contribution < -0.4 is 5.32 Å². The zero-order valence-corrected chi connectivity index (χ0v) is 12.5. The highest BCUT2D eigenvalue weighted by molar-refractivity contribution is 5.88. The van der Waals surface area contributed by atoms with Gasteiger partial charge in [-0.25, -0.2) is 4.79 Å². The molecule has 1 fully saturated rings. The molecule has 6 heteroatoms. The Hall–Kier alpha value is -1.40. The third-order valence-corrected chi connectivity index (χ3v) is 4.33. The highest BCUT2D eigenvalue weighted by atomic mass is 16.4.